The van der Waals surface area contributed by atoms with Crippen molar-refractivity contribution in [1.29, 1.82) is 0 Å². The summed E-state index contributed by atoms with van der Waals surface area (Å²) in [5.74, 6) is 5.69. The lowest BCUT2D eigenvalue weighted by atomic mass is 10.2. The number of halogens is 2. The molecular weight excluding hydrogens is 221 g/mol. The second-order valence-electron chi connectivity index (χ2n) is 2.62. The first-order valence-electron chi connectivity index (χ1n) is 3.99. The maximum Gasteiger partial charge on any atom is 0.148 e. The second kappa shape index (κ2) is 5.14. The van der Waals surface area contributed by atoms with Gasteiger partial charge in [-0.3, -0.25) is 0 Å². The minimum Gasteiger partial charge on any atom is -0.395 e. The third kappa shape index (κ3) is 2.83. The predicted molar refractivity (Wildman–Crippen MR) is 61.2 cm³/mol. The molecule has 4 heteroatoms. The zero-order chi connectivity index (χ0) is 10.6. The number of rotatable bonds is 1. The van der Waals surface area contributed by atoms with Gasteiger partial charge < -0.3 is 5.73 Å². The molecule has 14 heavy (non-hydrogen) atoms. The number of hydrogen-bond acceptors (Lipinski definition) is 2. The normalized spacial score (nSPS) is 9.36. The van der Waals surface area contributed by atoms with Crippen molar-refractivity contribution in [3.63, 3.8) is 0 Å². The highest BCUT2D eigenvalue weighted by Gasteiger charge is 2.04. The van der Waals surface area contributed by atoms with Gasteiger partial charge in [0.2, 0.25) is 0 Å². The zero-order valence-electron chi connectivity index (χ0n) is 7.35. The van der Waals surface area contributed by atoms with Crippen LogP contribution in [0.15, 0.2) is 12.1 Å². The van der Waals surface area contributed by atoms with Crippen molar-refractivity contribution in [1.82, 2.24) is 0 Å². The van der Waals surface area contributed by atoms with E-state index in [1.807, 2.05) is 0 Å². The summed E-state index contributed by atoms with van der Waals surface area (Å²) in [5.41, 5.74) is 5.95. The van der Waals surface area contributed by atoms with Gasteiger partial charge in [-0.1, -0.05) is 23.4 Å². The number of nitrogens with two attached hydrogens (primary N) is 1. The fraction of sp³-hybridized carbons (Fsp3) is 0.200. The Labute approximate surface area is 92.9 Å². The third-order valence-electron chi connectivity index (χ3n) is 1.55. The van der Waals surface area contributed by atoms with Crippen molar-refractivity contribution >= 4 is 29.9 Å². The van der Waals surface area contributed by atoms with Crippen LogP contribution >= 0.6 is 24.2 Å². The van der Waals surface area contributed by atoms with Gasteiger partial charge in [-0.05, 0) is 12.1 Å². The maximum atomic E-state index is 13.1. The smallest absolute Gasteiger partial charge is 0.148 e. The fourth-order valence-corrected chi connectivity index (χ4v) is 1.22. The maximum absolute atomic E-state index is 13.1. The molecule has 1 nitrogen and oxygen atoms in total. The summed E-state index contributed by atoms with van der Waals surface area (Å²) in [6.45, 7) is 0. The lowest BCUT2D eigenvalue weighted by Gasteiger charge is -2.00. The molecule has 1 aromatic carbocycles. The highest BCUT2D eigenvalue weighted by molar-refractivity contribution is 7.80. The van der Waals surface area contributed by atoms with E-state index in [2.05, 4.69) is 24.5 Å². The molecule has 0 heterocycles. The van der Waals surface area contributed by atoms with E-state index in [0.29, 0.717) is 22.8 Å². The topological polar surface area (TPSA) is 26.0 Å². The Kier molecular flexibility index (Phi) is 4.12. The Bertz CT molecular complexity index is 395. The van der Waals surface area contributed by atoms with Crippen molar-refractivity contribution in [2.45, 2.75) is 6.42 Å². The first-order chi connectivity index (χ1) is 6.65. The molecule has 0 atom stereocenters. The summed E-state index contributed by atoms with van der Waals surface area (Å²) in [7, 11) is 0. The monoisotopic (exact) mass is 229 g/mol. The van der Waals surface area contributed by atoms with Crippen LogP contribution in [-0.4, -0.2) is 5.75 Å². The van der Waals surface area contributed by atoms with Crippen LogP contribution in [-0.2, 0) is 0 Å². The fourth-order valence-electron chi connectivity index (χ4n) is 0.902. The van der Waals surface area contributed by atoms with Crippen LogP contribution in [0.1, 0.15) is 12.0 Å². The molecule has 0 unspecified atom stereocenters. The van der Waals surface area contributed by atoms with Crippen LogP contribution in [0.4, 0.5) is 10.1 Å². The van der Waals surface area contributed by atoms with E-state index in [1.165, 1.54) is 6.07 Å². The molecule has 0 fully saturated rings. The molecule has 74 valence electrons. The summed E-state index contributed by atoms with van der Waals surface area (Å²) in [5, 5.41) is 0.298. The number of benzene rings is 1. The van der Waals surface area contributed by atoms with Gasteiger partial charge in [-0.25, -0.2) is 4.39 Å². The van der Waals surface area contributed by atoms with Crippen LogP contribution in [0.3, 0.4) is 0 Å². The molecule has 0 aromatic heterocycles. The summed E-state index contributed by atoms with van der Waals surface area (Å²) in [6.07, 6.45) is 0.636. The molecule has 0 radical (unpaired) electrons. The standard InChI is InChI=1S/C10H9ClFNS/c11-8-5-7(3-1-2-4-14)10(13)9(12)6-8/h5-6,14H,2,4,13H2. The summed E-state index contributed by atoms with van der Waals surface area (Å²) >= 11 is 9.66. The van der Waals surface area contributed by atoms with Crippen LogP contribution in [0.5, 0.6) is 0 Å². The van der Waals surface area contributed by atoms with E-state index in [4.69, 9.17) is 17.3 Å². The average molecular weight is 230 g/mol. The lowest BCUT2D eigenvalue weighted by Crippen LogP contribution is -1.94. The lowest BCUT2D eigenvalue weighted by molar-refractivity contribution is 0.632. The van der Waals surface area contributed by atoms with E-state index in [-0.39, 0.29) is 5.69 Å². The molecule has 0 saturated heterocycles. The molecule has 0 bridgehead atoms. The minimum atomic E-state index is -0.535. The minimum absolute atomic E-state index is 0.0427. The highest BCUT2D eigenvalue weighted by atomic mass is 35.5. The second-order valence-corrected chi connectivity index (χ2v) is 3.51. The van der Waals surface area contributed by atoms with E-state index in [1.54, 1.807) is 6.07 Å². The summed E-state index contributed by atoms with van der Waals surface area (Å²) < 4.78 is 13.1. The molecule has 0 amide bonds. The first kappa shape index (κ1) is 11.2. The first-order valence-corrected chi connectivity index (χ1v) is 5.00. The number of thiol groups is 1. The molecule has 0 aliphatic carbocycles. The van der Waals surface area contributed by atoms with E-state index in [9.17, 15) is 4.39 Å². The quantitative estimate of drug-likeness (QED) is 0.432. The average Bonchev–Trinajstić information content (AvgIpc) is 2.13. The number of anilines is 1. The van der Waals surface area contributed by atoms with Gasteiger partial charge in [0.15, 0.2) is 0 Å². The third-order valence-corrected chi connectivity index (χ3v) is 2.00. The summed E-state index contributed by atoms with van der Waals surface area (Å²) in [6, 6.07) is 2.71. The van der Waals surface area contributed by atoms with E-state index < -0.39 is 5.82 Å². The molecular formula is C10H9ClFNS. The van der Waals surface area contributed by atoms with E-state index >= 15 is 0 Å². The van der Waals surface area contributed by atoms with Crippen LogP contribution < -0.4 is 5.73 Å². The number of hydrogen-bond donors (Lipinski definition) is 2. The van der Waals surface area contributed by atoms with Crippen LogP contribution in [0, 0.1) is 17.7 Å². The molecule has 1 rings (SSSR count). The molecule has 0 saturated carbocycles. The van der Waals surface area contributed by atoms with Gasteiger partial charge in [0.05, 0.1) is 11.3 Å². The Morgan fingerprint density at radius 2 is 2.21 bits per heavy atom. The van der Waals surface area contributed by atoms with Gasteiger partial charge >= 0.3 is 0 Å². The van der Waals surface area contributed by atoms with Gasteiger partial charge in [0, 0.05) is 17.2 Å². The zero-order valence-corrected chi connectivity index (χ0v) is 9.00. The Morgan fingerprint density at radius 1 is 1.50 bits per heavy atom. The van der Waals surface area contributed by atoms with Crippen molar-refractivity contribution < 1.29 is 4.39 Å². The van der Waals surface area contributed by atoms with E-state index in [0.717, 1.165) is 0 Å². The predicted octanol–water partition coefficient (Wildman–Crippen LogP) is 2.73. The highest BCUT2D eigenvalue weighted by Crippen LogP contribution is 2.21. The van der Waals surface area contributed by atoms with Crippen molar-refractivity contribution in [2.24, 2.45) is 0 Å². The largest absolute Gasteiger partial charge is 0.395 e. The van der Waals surface area contributed by atoms with Crippen molar-refractivity contribution in [3.8, 4) is 11.8 Å². The van der Waals surface area contributed by atoms with Crippen molar-refractivity contribution in [3.05, 3.63) is 28.5 Å². The Morgan fingerprint density at radius 3 is 2.86 bits per heavy atom. The van der Waals surface area contributed by atoms with Gasteiger partial charge in [-0.2, -0.15) is 12.6 Å². The summed E-state index contributed by atoms with van der Waals surface area (Å²) in [4.78, 5) is 0. The molecule has 2 N–H and O–H groups in total. The molecule has 0 spiro atoms. The molecule has 1 aromatic rings. The van der Waals surface area contributed by atoms with Crippen LogP contribution in [0.25, 0.3) is 0 Å². The Hall–Kier alpha value is -0.850. The van der Waals surface area contributed by atoms with Gasteiger partial charge in [0.25, 0.3) is 0 Å². The molecule has 0 aliphatic heterocycles. The van der Waals surface area contributed by atoms with Gasteiger partial charge in [0.1, 0.15) is 5.82 Å². The SMILES string of the molecule is Nc1c(F)cc(Cl)cc1C#CCCS. The van der Waals surface area contributed by atoms with Gasteiger partial charge in [-0.15, -0.1) is 0 Å². The molecule has 0 aliphatic rings. The van der Waals surface area contributed by atoms with Crippen molar-refractivity contribution in [2.75, 3.05) is 11.5 Å². The van der Waals surface area contributed by atoms with Crippen LogP contribution in [0.2, 0.25) is 5.02 Å². The number of nitrogen functional groups attached to an aromatic ring is 1. The Balaban J connectivity index is 3.04.